The maximum atomic E-state index is 14.7. The Morgan fingerprint density at radius 3 is 2.56 bits per heavy atom. The molecule has 2 aromatic heterocycles. The minimum Gasteiger partial charge on any atom is -0.508 e. The fourth-order valence-electron chi connectivity index (χ4n) is 4.45. The van der Waals surface area contributed by atoms with Crippen LogP contribution in [0.5, 0.6) is 5.75 Å². The largest absolute Gasteiger partial charge is 0.508 e. The molecular formula is C24H21FN6O. The highest BCUT2D eigenvalue weighted by Crippen LogP contribution is 2.40. The van der Waals surface area contributed by atoms with Gasteiger partial charge in [0.2, 0.25) is 0 Å². The molecule has 0 spiro atoms. The van der Waals surface area contributed by atoms with Crippen molar-refractivity contribution in [2.45, 2.75) is 18.8 Å². The molecule has 1 aliphatic rings. The van der Waals surface area contributed by atoms with Crippen molar-refractivity contribution < 1.29 is 9.50 Å². The molecule has 3 heterocycles. The van der Waals surface area contributed by atoms with Crippen LogP contribution < -0.4 is 11.1 Å². The Labute approximate surface area is 183 Å². The number of rotatable bonds is 3. The lowest BCUT2D eigenvalue weighted by molar-refractivity contribution is 0.460. The predicted molar refractivity (Wildman–Crippen MR) is 120 cm³/mol. The van der Waals surface area contributed by atoms with Gasteiger partial charge < -0.3 is 16.2 Å². The molecule has 4 aromatic rings. The van der Waals surface area contributed by atoms with Crippen molar-refractivity contribution in [1.29, 1.82) is 5.26 Å². The number of benzene rings is 2. The summed E-state index contributed by atoms with van der Waals surface area (Å²) in [5, 5.41) is 30.4. The van der Waals surface area contributed by atoms with Crippen molar-refractivity contribution >= 4 is 16.9 Å². The molecule has 0 saturated carbocycles. The van der Waals surface area contributed by atoms with Crippen molar-refractivity contribution in [3.05, 3.63) is 59.4 Å². The van der Waals surface area contributed by atoms with Gasteiger partial charge in [-0.3, -0.25) is 5.10 Å². The standard InChI is InChI=1S/C24H21FN6O/c25-19-11-16(32)5-6-17(19)22-18(12-26)20(21-23(27)30-31-24(21)29-22)15-3-1-13(2-4-15)14-7-9-28-10-8-14/h1-6,11,14,28,32H,7-10H2,(H3,27,29,30,31). The van der Waals surface area contributed by atoms with Gasteiger partial charge in [-0.15, -0.1) is 0 Å². The van der Waals surface area contributed by atoms with E-state index < -0.39 is 5.82 Å². The number of piperidine rings is 1. The van der Waals surface area contributed by atoms with E-state index in [0.717, 1.165) is 37.6 Å². The number of nitrogens with zero attached hydrogens (tertiary/aromatic N) is 3. The van der Waals surface area contributed by atoms with E-state index in [9.17, 15) is 14.8 Å². The third-order valence-electron chi connectivity index (χ3n) is 6.07. The van der Waals surface area contributed by atoms with Crippen molar-refractivity contribution in [1.82, 2.24) is 20.5 Å². The molecule has 0 aliphatic carbocycles. The van der Waals surface area contributed by atoms with Gasteiger partial charge in [0.1, 0.15) is 17.6 Å². The van der Waals surface area contributed by atoms with Crippen LogP contribution in [0.4, 0.5) is 10.2 Å². The number of pyridine rings is 1. The molecular weight excluding hydrogens is 407 g/mol. The predicted octanol–water partition coefficient (Wildman–Crippen LogP) is 4.06. The molecule has 0 unspecified atom stereocenters. The number of nitrogens with two attached hydrogens (primary N) is 1. The van der Waals surface area contributed by atoms with Crippen LogP contribution in [0.1, 0.15) is 29.9 Å². The Morgan fingerprint density at radius 1 is 1.12 bits per heavy atom. The van der Waals surface area contributed by atoms with Crippen LogP contribution in [0.3, 0.4) is 0 Å². The number of phenolic OH excluding ortho intramolecular Hbond substituents is 1. The molecule has 0 atom stereocenters. The Morgan fingerprint density at radius 2 is 1.88 bits per heavy atom. The molecule has 32 heavy (non-hydrogen) atoms. The van der Waals surface area contributed by atoms with E-state index in [1.807, 2.05) is 12.1 Å². The molecule has 0 bridgehead atoms. The highest BCUT2D eigenvalue weighted by molar-refractivity contribution is 6.04. The second-order valence-electron chi connectivity index (χ2n) is 7.97. The molecule has 5 rings (SSSR count). The first kappa shape index (κ1) is 20.0. The third kappa shape index (κ3) is 3.33. The summed E-state index contributed by atoms with van der Waals surface area (Å²) in [6.07, 6.45) is 2.17. The van der Waals surface area contributed by atoms with Gasteiger partial charge in [0.15, 0.2) is 11.5 Å². The number of nitriles is 1. The van der Waals surface area contributed by atoms with Crippen LogP contribution >= 0.6 is 0 Å². The highest BCUT2D eigenvalue weighted by Gasteiger charge is 2.23. The monoisotopic (exact) mass is 428 g/mol. The van der Waals surface area contributed by atoms with E-state index in [4.69, 9.17) is 5.73 Å². The number of aromatic amines is 1. The number of halogens is 1. The van der Waals surface area contributed by atoms with Crippen LogP contribution in [0.2, 0.25) is 0 Å². The lowest BCUT2D eigenvalue weighted by Crippen LogP contribution is -2.26. The number of hydrogen-bond donors (Lipinski definition) is 4. The minimum absolute atomic E-state index is 0.113. The SMILES string of the molecule is N#Cc1c(-c2ccc(O)cc2F)nc2[nH]nc(N)c2c1-c1ccc(C2CCNCC2)cc1. The normalized spacial score (nSPS) is 14.5. The Balaban J connectivity index is 1.71. The Hall–Kier alpha value is -3.96. The highest BCUT2D eigenvalue weighted by atomic mass is 19.1. The zero-order chi connectivity index (χ0) is 22.2. The van der Waals surface area contributed by atoms with Crippen LogP contribution in [-0.2, 0) is 0 Å². The number of H-pyrrole nitrogens is 1. The number of anilines is 1. The van der Waals surface area contributed by atoms with E-state index in [0.29, 0.717) is 22.5 Å². The zero-order valence-electron chi connectivity index (χ0n) is 17.2. The van der Waals surface area contributed by atoms with Crippen molar-refractivity contribution in [3.63, 3.8) is 0 Å². The van der Waals surface area contributed by atoms with Crippen LogP contribution in [0.25, 0.3) is 33.4 Å². The van der Waals surface area contributed by atoms with E-state index in [-0.39, 0.29) is 28.4 Å². The quantitative estimate of drug-likeness (QED) is 0.390. The van der Waals surface area contributed by atoms with E-state index in [1.165, 1.54) is 17.7 Å². The maximum Gasteiger partial charge on any atom is 0.158 e. The number of phenols is 1. The lowest BCUT2D eigenvalue weighted by Gasteiger charge is -2.23. The maximum absolute atomic E-state index is 14.7. The van der Waals surface area contributed by atoms with Gasteiger partial charge >= 0.3 is 0 Å². The van der Waals surface area contributed by atoms with Crippen LogP contribution in [-0.4, -0.2) is 33.4 Å². The number of fused-ring (bicyclic) bond motifs is 1. The van der Waals surface area contributed by atoms with Gasteiger partial charge in [0.05, 0.1) is 16.6 Å². The average Bonchev–Trinajstić information content (AvgIpc) is 3.19. The van der Waals surface area contributed by atoms with Gasteiger partial charge in [-0.05, 0) is 55.1 Å². The van der Waals surface area contributed by atoms with Gasteiger partial charge in [-0.1, -0.05) is 24.3 Å². The fourth-order valence-corrected chi connectivity index (χ4v) is 4.45. The summed E-state index contributed by atoms with van der Waals surface area (Å²) in [5.74, 6) is -0.156. The van der Waals surface area contributed by atoms with Crippen LogP contribution in [0.15, 0.2) is 42.5 Å². The molecule has 1 saturated heterocycles. The summed E-state index contributed by atoms with van der Waals surface area (Å²) < 4.78 is 14.7. The number of aromatic hydroxyl groups is 1. The van der Waals surface area contributed by atoms with Crippen molar-refractivity contribution in [2.75, 3.05) is 18.8 Å². The Kier molecular flexibility index (Phi) is 4.96. The smallest absolute Gasteiger partial charge is 0.158 e. The molecule has 2 aromatic carbocycles. The summed E-state index contributed by atoms with van der Waals surface area (Å²) in [4.78, 5) is 4.46. The molecule has 160 valence electrons. The summed E-state index contributed by atoms with van der Waals surface area (Å²) in [7, 11) is 0. The zero-order valence-corrected chi connectivity index (χ0v) is 17.2. The Bertz CT molecular complexity index is 1350. The van der Waals surface area contributed by atoms with E-state index >= 15 is 0 Å². The fraction of sp³-hybridized carbons (Fsp3) is 0.208. The topological polar surface area (TPSA) is 124 Å². The summed E-state index contributed by atoms with van der Waals surface area (Å²) >= 11 is 0. The minimum atomic E-state index is -0.673. The molecule has 5 N–H and O–H groups in total. The number of nitrogen functional groups attached to an aromatic ring is 1. The molecule has 0 radical (unpaired) electrons. The lowest BCUT2D eigenvalue weighted by atomic mass is 9.88. The van der Waals surface area contributed by atoms with Crippen molar-refractivity contribution in [3.8, 4) is 34.2 Å². The van der Waals surface area contributed by atoms with E-state index in [1.54, 1.807) is 0 Å². The van der Waals surface area contributed by atoms with Crippen LogP contribution in [0, 0.1) is 17.1 Å². The first-order valence-electron chi connectivity index (χ1n) is 10.4. The first-order chi connectivity index (χ1) is 15.6. The number of hydrogen-bond acceptors (Lipinski definition) is 6. The second-order valence-corrected chi connectivity index (χ2v) is 7.97. The molecule has 1 fully saturated rings. The molecule has 0 amide bonds. The summed E-state index contributed by atoms with van der Waals surface area (Å²) in [6, 6.07) is 14.1. The van der Waals surface area contributed by atoms with Crippen molar-refractivity contribution in [2.24, 2.45) is 0 Å². The molecule has 8 heteroatoms. The molecule has 1 aliphatic heterocycles. The first-order valence-corrected chi connectivity index (χ1v) is 10.4. The molecule has 7 nitrogen and oxygen atoms in total. The van der Waals surface area contributed by atoms with Gasteiger partial charge in [-0.2, -0.15) is 10.4 Å². The van der Waals surface area contributed by atoms with E-state index in [2.05, 4.69) is 38.7 Å². The third-order valence-corrected chi connectivity index (χ3v) is 6.07. The van der Waals surface area contributed by atoms with Gasteiger partial charge in [0, 0.05) is 17.2 Å². The number of nitrogens with one attached hydrogen (secondary N) is 2. The van der Waals surface area contributed by atoms with Gasteiger partial charge in [-0.25, -0.2) is 9.37 Å². The summed E-state index contributed by atoms with van der Waals surface area (Å²) in [6.45, 7) is 2.01. The number of aromatic nitrogens is 3. The second kappa shape index (κ2) is 7.94. The average molecular weight is 428 g/mol. The van der Waals surface area contributed by atoms with Gasteiger partial charge in [0.25, 0.3) is 0 Å². The summed E-state index contributed by atoms with van der Waals surface area (Å²) in [5.41, 5.74) is 9.55.